The Hall–Kier alpha value is -1.79. The summed E-state index contributed by atoms with van der Waals surface area (Å²) in [5.41, 5.74) is -1.96. The first-order valence-electron chi connectivity index (χ1n) is 4.57. The third kappa shape index (κ3) is 4.42. The molecule has 0 saturated carbocycles. The fourth-order valence-corrected chi connectivity index (χ4v) is 1.02. The van der Waals surface area contributed by atoms with E-state index in [2.05, 4.69) is 4.74 Å². The average Bonchev–Trinajstić information content (AvgIpc) is 2.13. The molecule has 3 nitrogen and oxygen atoms in total. The number of alkyl halides is 6. The van der Waals surface area contributed by atoms with Crippen LogP contribution < -0.4 is 0 Å². The Balaban J connectivity index is 5.82. The topological polar surface area (TPSA) is 50.1 Å². The van der Waals surface area contributed by atoms with Crippen molar-refractivity contribution in [2.45, 2.75) is 19.3 Å². The highest BCUT2D eigenvalue weighted by atomic mass is 19.4. The third-order valence-electron chi connectivity index (χ3n) is 1.74. The quantitative estimate of drug-likeness (QED) is 0.348. The molecule has 0 aromatic rings. The van der Waals surface area contributed by atoms with Crippen LogP contribution in [-0.2, 0) is 9.53 Å². The number of ether oxygens (including phenoxy) is 1. The molecule has 0 aliphatic rings. The SMILES string of the molecule is CCOC(=O)/C(C#N)=C(\F)C(C(F)(F)F)C(F)(F)F. The van der Waals surface area contributed by atoms with E-state index >= 15 is 0 Å². The molecule has 0 rings (SSSR count). The van der Waals surface area contributed by atoms with E-state index in [0.29, 0.717) is 6.07 Å². The van der Waals surface area contributed by atoms with Crippen molar-refractivity contribution in [3.63, 3.8) is 0 Å². The molecule has 0 heterocycles. The molecule has 0 amide bonds. The maximum atomic E-state index is 13.2. The normalized spacial score (nSPS) is 13.9. The van der Waals surface area contributed by atoms with E-state index in [1.165, 1.54) is 6.92 Å². The number of carbonyl (C=O) groups excluding carboxylic acids is 1. The van der Waals surface area contributed by atoms with Crippen LogP contribution in [0.15, 0.2) is 11.4 Å². The monoisotopic (exact) mass is 293 g/mol. The van der Waals surface area contributed by atoms with Crippen molar-refractivity contribution in [2.24, 2.45) is 5.92 Å². The minimum atomic E-state index is -6.03. The second kappa shape index (κ2) is 5.90. The zero-order chi connectivity index (χ0) is 15.4. The molecule has 19 heavy (non-hydrogen) atoms. The molecule has 10 heteroatoms. The standard InChI is InChI=1S/C9H6F7NO2/c1-2-19-7(18)4(3-17)5(10)6(8(11,12)13)9(14,15)16/h6H,2H2,1H3/b5-4-. The van der Waals surface area contributed by atoms with Gasteiger partial charge in [0.05, 0.1) is 6.61 Å². The Kier molecular flexibility index (Phi) is 5.34. The van der Waals surface area contributed by atoms with Crippen molar-refractivity contribution in [1.82, 2.24) is 0 Å². The Bertz CT molecular complexity index is 402. The number of allylic oxidation sites excluding steroid dienone is 1. The maximum Gasteiger partial charge on any atom is 0.406 e. The van der Waals surface area contributed by atoms with Crippen LogP contribution in [0.4, 0.5) is 30.7 Å². The van der Waals surface area contributed by atoms with Crippen LogP contribution in [-0.4, -0.2) is 24.9 Å². The predicted molar refractivity (Wildman–Crippen MR) is 46.0 cm³/mol. The number of carbonyl (C=O) groups is 1. The fourth-order valence-electron chi connectivity index (χ4n) is 1.02. The van der Waals surface area contributed by atoms with E-state index in [4.69, 9.17) is 5.26 Å². The average molecular weight is 293 g/mol. The van der Waals surface area contributed by atoms with Gasteiger partial charge in [-0.05, 0) is 6.92 Å². The highest BCUT2D eigenvalue weighted by Gasteiger charge is 2.60. The first-order chi connectivity index (χ1) is 8.46. The summed E-state index contributed by atoms with van der Waals surface area (Å²) in [5, 5.41) is 8.29. The van der Waals surface area contributed by atoms with Crippen molar-refractivity contribution in [3.05, 3.63) is 11.4 Å². The van der Waals surface area contributed by atoms with Crippen LogP contribution in [0.3, 0.4) is 0 Å². The second-order valence-electron chi connectivity index (χ2n) is 3.07. The Morgan fingerprint density at radius 1 is 1.21 bits per heavy atom. The van der Waals surface area contributed by atoms with E-state index in [1.54, 1.807) is 0 Å². The number of halogens is 7. The highest BCUT2D eigenvalue weighted by Crippen LogP contribution is 2.45. The van der Waals surface area contributed by atoms with Crippen molar-refractivity contribution in [2.75, 3.05) is 6.61 Å². The molecule has 0 aliphatic heterocycles. The van der Waals surface area contributed by atoms with Gasteiger partial charge >= 0.3 is 18.3 Å². The lowest BCUT2D eigenvalue weighted by molar-refractivity contribution is -0.275. The van der Waals surface area contributed by atoms with Crippen LogP contribution in [0.1, 0.15) is 6.92 Å². The Morgan fingerprint density at radius 2 is 1.63 bits per heavy atom. The summed E-state index contributed by atoms with van der Waals surface area (Å²) in [7, 11) is 0. The molecule has 0 fully saturated rings. The number of hydrogen-bond acceptors (Lipinski definition) is 3. The molecule has 0 atom stereocenters. The van der Waals surface area contributed by atoms with Gasteiger partial charge in [-0.3, -0.25) is 0 Å². The number of nitriles is 1. The molecule has 0 aromatic carbocycles. The van der Waals surface area contributed by atoms with Gasteiger partial charge in [0.2, 0.25) is 5.92 Å². The molecule has 0 unspecified atom stereocenters. The van der Waals surface area contributed by atoms with Crippen LogP contribution in [0, 0.1) is 17.2 Å². The minimum absolute atomic E-state index is 0.444. The molecule has 0 saturated heterocycles. The van der Waals surface area contributed by atoms with E-state index < -0.39 is 42.2 Å². The highest BCUT2D eigenvalue weighted by molar-refractivity contribution is 5.93. The summed E-state index contributed by atoms with van der Waals surface area (Å²) in [6.07, 6.45) is -12.1. The molecule has 0 aliphatic carbocycles. The van der Waals surface area contributed by atoms with Crippen LogP contribution in [0.25, 0.3) is 0 Å². The van der Waals surface area contributed by atoms with Crippen molar-refractivity contribution < 1.29 is 40.3 Å². The number of nitrogens with zero attached hydrogens (tertiary/aromatic N) is 1. The fraction of sp³-hybridized carbons (Fsp3) is 0.556. The molecule has 0 radical (unpaired) electrons. The summed E-state index contributed by atoms with van der Waals surface area (Å²) in [6, 6.07) is 0.641. The Morgan fingerprint density at radius 3 is 1.89 bits per heavy atom. The molecule has 0 N–H and O–H groups in total. The molecular weight excluding hydrogens is 287 g/mol. The number of hydrogen-bond donors (Lipinski definition) is 0. The summed E-state index contributed by atoms with van der Waals surface area (Å²) < 4.78 is 90.2. The van der Waals surface area contributed by atoms with Gasteiger partial charge in [-0.15, -0.1) is 0 Å². The van der Waals surface area contributed by atoms with Crippen molar-refractivity contribution in [1.29, 1.82) is 5.26 Å². The van der Waals surface area contributed by atoms with Gasteiger partial charge in [-0.2, -0.15) is 31.6 Å². The van der Waals surface area contributed by atoms with Crippen molar-refractivity contribution >= 4 is 5.97 Å². The van der Waals surface area contributed by atoms with Gasteiger partial charge < -0.3 is 4.74 Å². The predicted octanol–water partition coefficient (Wildman–Crippen LogP) is 3.04. The van der Waals surface area contributed by atoms with Gasteiger partial charge in [-0.1, -0.05) is 0 Å². The Labute approximate surface area is 102 Å². The lowest BCUT2D eigenvalue weighted by Gasteiger charge is -2.21. The van der Waals surface area contributed by atoms with E-state index in [1.807, 2.05) is 0 Å². The molecule has 0 bridgehead atoms. The van der Waals surface area contributed by atoms with E-state index in [0.717, 1.165) is 0 Å². The summed E-state index contributed by atoms with van der Waals surface area (Å²) in [5.74, 6) is -9.36. The molecule has 108 valence electrons. The van der Waals surface area contributed by atoms with Gasteiger partial charge in [0.15, 0.2) is 5.57 Å². The summed E-state index contributed by atoms with van der Waals surface area (Å²) >= 11 is 0. The maximum absolute atomic E-state index is 13.2. The smallest absolute Gasteiger partial charge is 0.406 e. The minimum Gasteiger partial charge on any atom is -0.462 e. The van der Waals surface area contributed by atoms with Crippen LogP contribution >= 0.6 is 0 Å². The number of rotatable bonds is 3. The first kappa shape index (κ1) is 17.2. The number of esters is 1. The van der Waals surface area contributed by atoms with Crippen molar-refractivity contribution in [3.8, 4) is 6.07 Å². The van der Waals surface area contributed by atoms with E-state index in [9.17, 15) is 35.5 Å². The van der Waals surface area contributed by atoms with E-state index in [-0.39, 0.29) is 0 Å². The second-order valence-corrected chi connectivity index (χ2v) is 3.07. The van der Waals surface area contributed by atoms with Gasteiger partial charge in [0, 0.05) is 0 Å². The molecule has 0 aromatic heterocycles. The summed E-state index contributed by atoms with van der Waals surface area (Å²) in [4.78, 5) is 10.9. The lowest BCUT2D eigenvalue weighted by atomic mass is 10.0. The van der Waals surface area contributed by atoms with Gasteiger partial charge in [-0.25, -0.2) is 9.18 Å². The third-order valence-corrected chi connectivity index (χ3v) is 1.74. The zero-order valence-electron chi connectivity index (χ0n) is 9.19. The van der Waals surface area contributed by atoms with Crippen LogP contribution in [0.2, 0.25) is 0 Å². The summed E-state index contributed by atoms with van der Waals surface area (Å²) in [6.45, 7) is 0.732. The van der Waals surface area contributed by atoms with Crippen LogP contribution in [0.5, 0.6) is 0 Å². The largest absolute Gasteiger partial charge is 0.462 e. The molecular formula is C9H6F7NO2. The van der Waals surface area contributed by atoms with Gasteiger partial charge in [0.1, 0.15) is 11.9 Å². The van der Waals surface area contributed by atoms with Gasteiger partial charge in [0.25, 0.3) is 0 Å². The first-order valence-corrected chi connectivity index (χ1v) is 4.57. The molecule has 0 spiro atoms. The lowest BCUT2D eigenvalue weighted by Crippen LogP contribution is -2.38. The zero-order valence-corrected chi connectivity index (χ0v) is 9.19.